The third-order valence-electron chi connectivity index (χ3n) is 3.37. The minimum atomic E-state index is -5.02. The van der Waals surface area contributed by atoms with Crippen LogP contribution in [0.25, 0.3) is 5.69 Å². The van der Waals surface area contributed by atoms with E-state index in [9.17, 15) is 35.9 Å². The van der Waals surface area contributed by atoms with Crippen LogP contribution in [0.1, 0.15) is 27.2 Å². The number of nitrogens with zero attached hydrogens (tertiary/aromatic N) is 1. The summed E-state index contributed by atoms with van der Waals surface area (Å²) in [6, 6.07) is 2.68. The van der Waals surface area contributed by atoms with E-state index < -0.39 is 46.4 Å². The number of halogens is 6. The lowest BCUT2D eigenvalue weighted by atomic mass is 10.1. The molecule has 0 aliphatic carbocycles. The van der Waals surface area contributed by atoms with Gasteiger partial charge in [0.25, 0.3) is 5.56 Å². The van der Waals surface area contributed by atoms with Gasteiger partial charge in [0.1, 0.15) is 11.3 Å². The first-order valence-electron chi connectivity index (χ1n) is 6.59. The number of alkyl halides is 6. The molecule has 0 amide bonds. The fourth-order valence-electron chi connectivity index (χ4n) is 2.24. The van der Waals surface area contributed by atoms with Gasteiger partial charge in [-0.1, -0.05) is 0 Å². The number of hydrogen-bond acceptors (Lipinski definition) is 2. The van der Waals surface area contributed by atoms with E-state index in [0.29, 0.717) is 30.3 Å². The Morgan fingerprint density at radius 2 is 1.60 bits per heavy atom. The summed E-state index contributed by atoms with van der Waals surface area (Å²) in [5, 5.41) is 8.91. The number of carbonyl (C=O) groups is 1. The molecule has 0 aliphatic rings. The van der Waals surface area contributed by atoms with Gasteiger partial charge in [-0.15, -0.1) is 0 Å². The van der Waals surface area contributed by atoms with E-state index in [1.165, 1.54) is 0 Å². The van der Waals surface area contributed by atoms with E-state index >= 15 is 0 Å². The Labute approximate surface area is 135 Å². The van der Waals surface area contributed by atoms with E-state index in [1.54, 1.807) is 0 Å². The summed E-state index contributed by atoms with van der Waals surface area (Å²) in [4.78, 5) is 23.2. The lowest BCUT2D eigenvalue weighted by molar-refractivity contribution is -0.143. The second-order valence-corrected chi connectivity index (χ2v) is 5.07. The summed E-state index contributed by atoms with van der Waals surface area (Å²) in [5.74, 6) is -1.75. The molecule has 2 aromatic rings. The van der Waals surface area contributed by atoms with E-state index in [0.717, 1.165) is 6.92 Å². The van der Waals surface area contributed by atoms with Crippen LogP contribution in [0.3, 0.4) is 0 Å². The number of carboxylic acids is 1. The predicted molar refractivity (Wildman–Crippen MR) is 73.7 cm³/mol. The normalized spacial score (nSPS) is 12.3. The molecule has 1 aromatic carbocycles. The molecule has 0 spiro atoms. The maximum absolute atomic E-state index is 13.2. The van der Waals surface area contributed by atoms with E-state index in [2.05, 4.69) is 0 Å². The second kappa shape index (κ2) is 5.94. The average Bonchev–Trinajstić information content (AvgIpc) is 2.45. The van der Waals surface area contributed by atoms with Crippen molar-refractivity contribution >= 4 is 5.97 Å². The minimum Gasteiger partial charge on any atom is -0.477 e. The van der Waals surface area contributed by atoms with Gasteiger partial charge in [0, 0.05) is 0 Å². The molecule has 4 nitrogen and oxygen atoms in total. The van der Waals surface area contributed by atoms with E-state index in [-0.39, 0.29) is 10.1 Å². The quantitative estimate of drug-likeness (QED) is 0.822. The van der Waals surface area contributed by atoms with Gasteiger partial charge in [-0.25, -0.2) is 4.79 Å². The third kappa shape index (κ3) is 3.52. The van der Waals surface area contributed by atoms with Crippen molar-refractivity contribution in [1.82, 2.24) is 4.57 Å². The summed E-state index contributed by atoms with van der Waals surface area (Å²) < 4.78 is 77.6. The molecule has 25 heavy (non-hydrogen) atoms. The lowest BCUT2D eigenvalue weighted by Gasteiger charge is -2.18. The van der Waals surface area contributed by atoms with Crippen LogP contribution >= 0.6 is 0 Å². The third-order valence-corrected chi connectivity index (χ3v) is 3.37. The van der Waals surface area contributed by atoms with Gasteiger partial charge in [-0.3, -0.25) is 9.36 Å². The first-order valence-corrected chi connectivity index (χ1v) is 6.59. The predicted octanol–water partition coefficient (Wildman–Crippen LogP) is 3.88. The fourth-order valence-corrected chi connectivity index (χ4v) is 2.24. The number of carboxylic acid groups (broad SMARTS) is 1. The van der Waals surface area contributed by atoms with Crippen molar-refractivity contribution in [2.24, 2.45) is 0 Å². The van der Waals surface area contributed by atoms with E-state index in [4.69, 9.17) is 5.11 Å². The van der Waals surface area contributed by atoms with Crippen molar-refractivity contribution in [2.75, 3.05) is 0 Å². The van der Waals surface area contributed by atoms with Crippen LogP contribution in [0.4, 0.5) is 26.3 Å². The fraction of sp³-hybridized carbons (Fsp3) is 0.200. The molecule has 0 saturated heterocycles. The zero-order valence-corrected chi connectivity index (χ0v) is 12.4. The maximum atomic E-state index is 13.2. The Hall–Kier alpha value is -2.78. The van der Waals surface area contributed by atoms with Gasteiger partial charge in [0.05, 0.1) is 11.3 Å². The largest absolute Gasteiger partial charge is 0.477 e. The van der Waals surface area contributed by atoms with Crippen molar-refractivity contribution in [2.45, 2.75) is 19.3 Å². The van der Waals surface area contributed by atoms with Crippen LogP contribution in [0.2, 0.25) is 0 Å². The number of hydrogen-bond donors (Lipinski definition) is 1. The summed E-state index contributed by atoms with van der Waals surface area (Å²) >= 11 is 0. The van der Waals surface area contributed by atoms with Crippen LogP contribution in [0.15, 0.2) is 35.1 Å². The molecular formula is C15H9F6NO3. The lowest BCUT2D eigenvalue weighted by Crippen LogP contribution is -2.31. The van der Waals surface area contributed by atoms with Gasteiger partial charge in [-0.2, -0.15) is 26.3 Å². The monoisotopic (exact) mass is 365 g/mol. The summed E-state index contributed by atoms with van der Waals surface area (Å²) in [6.45, 7) is 1.09. The molecule has 0 bridgehead atoms. The average molecular weight is 365 g/mol. The van der Waals surface area contributed by atoms with Gasteiger partial charge >= 0.3 is 18.3 Å². The van der Waals surface area contributed by atoms with Crippen molar-refractivity contribution in [3.63, 3.8) is 0 Å². The number of aromatic carboxylic acids is 1. The minimum absolute atomic E-state index is 0.0545. The molecule has 1 aromatic heterocycles. The zero-order chi connectivity index (χ0) is 19.2. The number of aryl methyl sites for hydroxylation is 1. The number of rotatable bonds is 2. The van der Waals surface area contributed by atoms with Crippen molar-refractivity contribution in [3.8, 4) is 5.69 Å². The first-order chi connectivity index (χ1) is 11.3. The van der Waals surface area contributed by atoms with Gasteiger partial charge < -0.3 is 5.11 Å². The molecule has 10 heteroatoms. The van der Waals surface area contributed by atoms with Crippen LogP contribution in [-0.2, 0) is 12.4 Å². The highest BCUT2D eigenvalue weighted by Gasteiger charge is 2.37. The highest BCUT2D eigenvalue weighted by atomic mass is 19.4. The van der Waals surface area contributed by atoms with Gasteiger partial charge in [0.15, 0.2) is 0 Å². The molecular weight excluding hydrogens is 356 g/mol. The SMILES string of the molecule is Cc1cc(C(F)(F)F)ccc1-n1c(C(F)(F)F)ccc(C(=O)O)c1=O. The zero-order valence-electron chi connectivity index (χ0n) is 12.4. The van der Waals surface area contributed by atoms with Crippen molar-refractivity contribution in [1.29, 1.82) is 0 Å². The van der Waals surface area contributed by atoms with Crippen molar-refractivity contribution in [3.05, 3.63) is 63.1 Å². The topological polar surface area (TPSA) is 59.3 Å². The number of benzene rings is 1. The summed E-state index contributed by atoms with van der Waals surface area (Å²) in [5.41, 5.74) is -5.80. The number of aromatic nitrogens is 1. The van der Waals surface area contributed by atoms with Crippen molar-refractivity contribution < 1.29 is 36.2 Å². The number of pyridine rings is 1. The van der Waals surface area contributed by atoms with Crippen LogP contribution < -0.4 is 5.56 Å². The Morgan fingerprint density at radius 3 is 2.04 bits per heavy atom. The molecule has 2 rings (SSSR count). The Kier molecular flexibility index (Phi) is 4.41. The standard InChI is InChI=1S/C15H9F6NO3/c1-7-6-8(14(16,17)18)2-4-10(7)22-11(15(19,20)21)5-3-9(12(22)23)13(24)25/h2-6H,1H3,(H,24,25). The molecule has 1 heterocycles. The molecule has 0 unspecified atom stereocenters. The Balaban J connectivity index is 2.84. The smallest absolute Gasteiger partial charge is 0.431 e. The summed E-state index contributed by atoms with van der Waals surface area (Å²) in [6.07, 6.45) is -9.74. The molecule has 0 saturated carbocycles. The molecule has 1 N–H and O–H groups in total. The Morgan fingerprint density at radius 1 is 1.00 bits per heavy atom. The second-order valence-electron chi connectivity index (χ2n) is 5.07. The highest BCUT2D eigenvalue weighted by molar-refractivity contribution is 5.87. The Bertz CT molecular complexity index is 896. The molecule has 0 aliphatic heterocycles. The van der Waals surface area contributed by atoms with Gasteiger partial charge in [0.2, 0.25) is 0 Å². The molecule has 0 atom stereocenters. The molecule has 134 valence electrons. The van der Waals surface area contributed by atoms with E-state index in [1.807, 2.05) is 0 Å². The van der Waals surface area contributed by atoms with Crippen LogP contribution in [-0.4, -0.2) is 15.6 Å². The first kappa shape index (κ1) is 18.6. The molecule has 0 fully saturated rings. The van der Waals surface area contributed by atoms with Crippen LogP contribution in [0.5, 0.6) is 0 Å². The molecule has 0 radical (unpaired) electrons. The summed E-state index contributed by atoms with van der Waals surface area (Å²) in [7, 11) is 0. The van der Waals surface area contributed by atoms with Gasteiger partial charge in [-0.05, 0) is 42.8 Å². The highest BCUT2D eigenvalue weighted by Crippen LogP contribution is 2.34. The van der Waals surface area contributed by atoms with Crippen LogP contribution in [0, 0.1) is 6.92 Å². The maximum Gasteiger partial charge on any atom is 0.431 e.